The number of benzene rings is 2. The second-order valence-corrected chi connectivity index (χ2v) is 5.00. The van der Waals surface area contributed by atoms with Crippen LogP contribution >= 0.6 is 0 Å². The standard InChI is InChI=1S/C17H15FN2O2/c1-10-14-8-7-13(22-2)9-15(14)20-16(10)17(21)19-12-5-3-11(18)4-6-12/h3-9,20H,1-2H3,(H,19,21). The number of aromatic nitrogens is 1. The van der Waals surface area contributed by atoms with Gasteiger partial charge in [-0.3, -0.25) is 4.79 Å². The molecule has 22 heavy (non-hydrogen) atoms. The van der Waals surface area contributed by atoms with Gasteiger partial charge in [0.2, 0.25) is 0 Å². The van der Waals surface area contributed by atoms with E-state index in [1.807, 2.05) is 25.1 Å². The van der Waals surface area contributed by atoms with Crippen LogP contribution in [-0.2, 0) is 0 Å². The van der Waals surface area contributed by atoms with E-state index in [4.69, 9.17) is 4.74 Å². The van der Waals surface area contributed by atoms with Crippen molar-refractivity contribution in [2.24, 2.45) is 0 Å². The van der Waals surface area contributed by atoms with Crippen molar-refractivity contribution in [1.29, 1.82) is 0 Å². The lowest BCUT2D eigenvalue weighted by Gasteiger charge is -2.04. The molecule has 0 aliphatic rings. The van der Waals surface area contributed by atoms with Gasteiger partial charge in [-0.05, 0) is 48.9 Å². The fourth-order valence-electron chi connectivity index (χ4n) is 2.40. The van der Waals surface area contributed by atoms with E-state index in [-0.39, 0.29) is 11.7 Å². The van der Waals surface area contributed by atoms with Gasteiger partial charge < -0.3 is 15.0 Å². The number of amides is 1. The van der Waals surface area contributed by atoms with E-state index in [0.29, 0.717) is 11.4 Å². The number of nitrogens with one attached hydrogen (secondary N) is 2. The van der Waals surface area contributed by atoms with Crippen molar-refractivity contribution in [1.82, 2.24) is 4.98 Å². The summed E-state index contributed by atoms with van der Waals surface area (Å²) < 4.78 is 18.1. The topological polar surface area (TPSA) is 54.1 Å². The first-order valence-electron chi connectivity index (χ1n) is 6.81. The van der Waals surface area contributed by atoms with Crippen LogP contribution in [-0.4, -0.2) is 18.0 Å². The first kappa shape index (κ1) is 14.1. The highest BCUT2D eigenvalue weighted by Gasteiger charge is 2.15. The van der Waals surface area contributed by atoms with Crippen LogP contribution < -0.4 is 10.1 Å². The van der Waals surface area contributed by atoms with Gasteiger partial charge in [-0.1, -0.05) is 0 Å². The molecule has 0 radical (unpaired) electrons. The molecule has 3 rings (SSSR count). The average molecular weight is 298 g/mol. The van der Waals surface area contributed by atoms with Crippen LogP contribution in [0.2, 0.25) is 0 Å². The second-order valence-electron chi connectivity index (χ2n) is 5.00. The Morgan fingerprint density at radius 3 is 2.59 bits per heavy atom. The number of ether oxygens (including phenoxy) is 1. The number of aryl methyl sites for hydroxylation is 1. The minimum Gasteiger partial charge on any atom is -0.497 e. The van der Waals surface area contributed by atoms with Crippen molar-refractivity contribution in [3.8, 4) is 5.75 Å². The zero-order valence-electron chi connectivity index (χ0n) is 12.2. The molecule has 0 saturated carbocycles. The fraction of sp³-hybridized carbons (Fsp3) is 0.118. The first-order valence-corrected chi connectivity index (χ1v) is 6.81. The number of rotatable bonds is 3. The number of methoxy groups -OCH3 is 1. The molecule has 0 aliphatic carbocycles. The quantitative estimate of drug-likeness (QED) is 0.771. The summed E-state index contributed by atoms with van der Waals surface area (Å²) >= 11 is 0. The van der Waals surface area contributed by atoms with Crippen LogP contribution in [0.15, 0.2) is 42.5 Å². The van der Waals surface area contributed by atoms with Gasteiger partial charge in [-0.25, -0.2) is 4.39 Å². The Morgan fingerprint density at radius 2 is 1.91 bits per heavy atom. The third-order valence-corrected chi connectivity index (χ3v) is 3.59. The van der Waals surface area contributed by atoms with Gasteiger partial charge in [0.25, 0.3) is 5.91 Å². The van der Waals surface area contributed by atoms with Gasteiger partial charge in [-0.15, -0.1) is 0 Å². The zero-order chi connectivity index (χ0) is 15.7. The van der Waals surface area contributed by atoms with Gasteiger partial charge in [0.05, 0.1) is 7.11 Å². The maximum atomic E-state index is 12.9. The zero-order valence-corrected chi connectivity index (χ0v) is 12.2. The lowest BCUT2D eigenvalue weighted by Crippen LogP contribution is -2.13. The van der Waals surface area contributed by atoms with Crippen molar-refractivity contribution in [3.05, 3.63) is 59.5 Å². The largest absolute Gasteiger partial charge is 0.497 e. The molecule has 0 spiro atoms. The molecule has 1 amide bonds. The summed E-state index contributed by atoms with van der Waals surface area (Å²) in [6.45, 7) is 1.88. The van der Waals surface area contributed by atoms with Crippen LogP contribution in [0.1, 0.15) is 16.1 Å². The number of aromatic amines is 1. The van der Waals surface area contributed by atoms with E-state index in [2.05, 4.69) is 10.3 Å². The van der Waals surface area contributed by atoms with Crippen LogP contribution in [0.4, 0.5) is 10.1 Å². The van der Waals surface area contributed by atoms with Crippen LogP contribution in [0.25, 0.3) is 10.9 Å². The smallest absolute Gasteiger partial charge is 0.272 e. The van der Waals surface area contributed by atoms with E-state index in [1.54, 1.807) is 7.11 Å². The molecule has 0 fully saturated rings. The molecular formula is C17H15FN2O2. The van der Waals surface area contributed by atoms with Crippen molar-refractivity contribution in [2.75, 3.05) is 12.4 Å². The van der Waals surface area contributed by atoms with Gasteiger partial charge in [0.15, 0.2) is 0 Å². The molecule has 3 aromatic rings. The van der Waals surface area contributed by atoms with Crippen LogP contribution in [0.3, 0.4) is 0 Å². The average Bonchev–Trinajstić information content (AvgIpc) is 2.86. The lowest BCUT2D eigenvalue weighted by molar-refractivity contribution is 0.102. The maximum Gasteiger partial charge on any atom is 0.272 e. The molecule has 0 aliphatic heterocycles. The van der Waals surface area contributed by atoms with E-state index < -0.39 is 0 Å². The molecule has 5 heteroatoms. The summed E-state index contributed by atoms with van der Waals surface area (Å²) in [5.74, 6) is 0.116. The third-order valence-electron chi connectivity index (χ3n) is 3.59. The normalized spacial score (nSPS) is 10.7. The van der Waals surface area contributed by atoms with Gasteiger partial charge >= 0.3 is 0 Å². The molecule has 112 valence electrons. The summed E-state index contributed by atoms with van der Waals surface area (Å²) in [6.07, 6.45) is 0. The molecule has 0 unspecified atom stereocenters. The molecule has 2 N–H and O–H groups in total. The molecule has 0 atom stereocenters. The lowest BCUT2D eigenvalue weighted by atomic mass is 10.1. The van der Waals surface area contributed by atoms with E-state index >= 15 is 0 Å². The van der Waals surface area contributed by atoms with Gasteiger partial charge in [0, 0.05) is 22.7 Å². The number of fused-ring (bicyclic) bond motifs is 1. The molecule has 1 aromatic heterocycles. The predicted molar refractivity (Wildman–Crippen MR) is 83.9 cm³/mol. The second kappa shape index (κ2) is 5.52. The highest BCUT2D eigenvalue weighted by molar-refractivity contribution is 6.07. The van der Waals surface area contributed by atoms with E-state index in [9.17, 15) is 9.18 Å². The molecular weight excluding hydrogens is 283 g/mol. The molecule has 2 aromatic carbocycles. The Labute approximate surface area is 126 Å². The Hall–Kier alpha value is -2.82. The minimum atomic E-state index is -0.341. The highest BCUT2D eigenvalue weighted by Crippen LogP contribution is 2.26. The number of carbonyl (C=O) groups excluding carboxylic acids is 1. The summed E-state index contributed by atoms with van der Waals surface area (Å²) in [5.41, 5.74) is 2.72. The summed E-state index contributed by atoms with van der Waals surface area (Å²) in [7, 11) is 1.60. The number of halogens is 1. The Morgan fingerprint density at radius 1 is 1.18 bits per heavy atom. The summed E-state index contributed by atoms with van der Waals surface area (Å²) in [4.78, 5) is 15.5. The fourth-order valence-corrected chi connectivity index (χ4v) is 2.40. The van der Waals surface area contributed by atoms with Crippen molar-refractivity contribution in [3.63, 3.8) is 0 Å². The summed E-state index contributed by atoms with van der Waals surface area (Å²) in [5, 5.41) is 3.71. The third kappa shape index (κ3) is 2.53. The van der Waals surface area contributed by atoms with Crippen molar-refractivity contribution >= 4 is 22.5 Å². The summed E-state index contributed by atoms with van der Waals surface area (Å²) in [6, 6.07) is 11.3. The number of hydrogen-bond donors (Lipinski definition) is 2. The van der Waals surface area contributed by atoms with Gasteiger partial charge in [-0.2, -0.15) is 0 Å². The molecule has 0 saturated heterocycles. The number of anilines is 1. The SMILES string of the molecule is COc1ccc2c(C)c(C(=O)Nc3ccc(F)cc3)[nH]c2c1. The van der Waals surface area contributed by atoms with Crippen LogP contribution in [0, 0.1) is 12.7 Å². The Kier molecular flexibility index (Phi) is 3.55. The van der Waals surface area contributed by atoms with E-state index in [0.717, 1.165) is 22.2 Å². The minimum absolute atomic E-state index is 0.265. The Bertz CT molecular complexity index is 838. The predicted octanol–water partition coefficient (Wildman–Crippen LogP) is 3.88. The van der Waals surface area contributed by atoms with E-state index in [1.165, 1.54) is 24.3 Å². The first-order chi connectivity index (χ1) is 10.6. The molecule has 0 bridgehead atoms. The van der Waals surface area contributed by atoms with Crippen molar-refractivity contribution < 1.29 is 13.9 Å². The van der Waals surface area contributed by atoms with Gasteiger partial charge in [0.1, 0.15) is 17.3 Å². The number of H-pyrrole nitrogens is 1. The van der Waals surface area contributed by atoms with Crippen molar-refractivity contribution in [2.45, 2.75) is 6.92 Å². The Balaban J connectivity index is 1.93. The van der Waals surface area contributed by atoms with Crippen LogP contribution in [0.5, 0.6) is 5.75 Å². The number of carbonyl (C=O) groups is 1. The molecule has 1 heterocycles. The maximum absolute atomic E-state index is 12.9. The number of hydrogen-bond acceptors (Lipinski definition) is 2. The highest BCUT2D eigenvalue weighted by atomic mass is 19.1. The molecule has 4 nitrogen and oxygen atoms in total. The monoisotopic (exact) mass is 298 g/mol.